The summed E-state index contributed by atoms with van der Waals surface area (Å²) in [5.74, 6) is 0. The molecule has 0 radical (unpaired) electrons. The van der Waals surface area contributed by atoms with Crippen LogP contribution in [0.3, 0.4) is 0 Å². The predicted molar refractivity (Wildman–Crippen MR) is 62.3 cm³/mol. The van der Waals surface area contributed by atoms with Crippen LogP contribution in [0.2, 0.25) is 0 Å². The van der Waals surface area contributed by atoms with Crippen LogP contribution < -0.4 is 0 Å². The van der Waals surface area contributed by atoms with Gasteiger partial charge in [0, 0.05) is 4.83 Å². The third-order valence-corrected chi connectivity index (χ3v) is 2.99. The second-order valence-corrected chi connectivity index (χ2v) is 6.44. The fourth-order valence-corrected chi connectivity index (χ4v) is 2.08. The molecule has 0 spiro atoms. The van der Waals surface area contributed by atoms with Crippen molar-refractivity contribution in [3.05, 3.63) is 20.2 Å². The quantitative estimate of drug-likeness (QED) is 0.591. The van der Waals surface area contributed by atoms with Crippen molar-refractivity contribution < 1.29 is 0 Å². The lowest BCUT2D eigenvalue weighted by Gasteiger charge is -1.87. The van der Waals surface area contributed by atoms with E-state index in [2.05, 4.69) is 56.5 Å². The normalized spacial score (nSPS) is 14.1. The van der Waals surface area contributed by atoms with E-state index in [4.69, 9.17) is 0 Å². The van der Waals surface area contributed by atoms with Crippen molar-refractivity contribution in [3.8, 4) is 0 Å². The summed E-state index contributed by atoms with van der Waals surface area (Å²) >= 11 is 7.39. The number of thiazole rings is 1. The van der Waals surface area contributed by atoms with E-state index in [9.17, 15) is 0 Å². The van der Waals surface area contributed by atoms with Gasteiger partial charge in [0.2, 0.25) is 0 Å². The second-order valence-electron chi connectivity index (χ2n) is 2.04. The van der Waals surface area contributed by atoms with Crippen LogP contribution in [0, 0.1) is 2.88 Å². The molecule has 0 aliphatic heterocycles. The van der Waals surface area contributed by atoms with Gasteiger partial charge >= 0.3 is 0 Å². The molecule has 1 heterocycles. The Labute approximate surface area is 92.2 Å². The third-order valence-electron chi connectivity index (χ3n) is 0.999. The standard InChI is InChI=1S/C7H7BrINS/c1-5(8)2-3-7-10-4-6(9)11-7/h2-5H,1H3/b3-2+. The molecule has 1 aromatic rings. The Morgan fingerprint density at radius 2 is 2.55 bits per heavy atom. The van der Waals surface area contributed by atoms with Crippen LogP contribution in [0.5, 0.6) is 0 Å². The lowest BCUT2D eigenvalue weighted by molar-refractivity contribution is 1.28. The first-order chi connectivity index (χ1) is 5.18. The van der Waals surface area contributed by atoms with Gasteiger partial charge in [0.25, 0.3) is 0 Å². The van der Waals surface area contributed by atoms with Crippen molar-refractivity contribution >= 4 is 55.9 Å². The van der Waals surface area contributed by atoms with Crippen LogP contribution in [0.4, 0.5) is 0 Å². The Morgan fingerprint density at radius 3 is 3.00 bits per heavy atom. The number of halogens is 2. The number of hydrogen-bond acceptors (Lipinski definition) is 2. The van der Waals surface area contributed by atoms with E-state index < -0.39 is 0 Å². The molecular weight excluding hydrogens is 337 g/mol. The highest BCUT2D eigenvalue weighted by Crippen LogP contribution is 2.16. The zero-order valence-electron chi connectivity index (χ0n) is 5.92. The van der Waals surface area contributed by atoms with E-state index in [1.54, 1.807) is 11.3 Å². The molecule has 0 N–H and O–H groups in total. The molecule has 0 bridgehead atoms. The van der Waals surface area contributed by atoms with Crippen molar-refractivity contribution in [2.24, 2.45) is 0 Å². The number of rotatable bonds is 2. The Kier molecular flexibility index (Phi) is 4.01. The van der Waals surface area contributed by atoms with E-state index >= 15 is 0 Å². The zero-order valence-corrected chi connectivity index (χ0v) is 10.5. The molecule has 1 aromatic heterocycles. The summed E-state index contributed by atoms with van der Waals surface area (Å²) < 4.78 is 1.23. The Hall–Kier alpha value is 0.580. The van der Waals surface area contributed by atoms with E-state index in [0.29, 0.717) is 4.83 Å². The van der Waals surface area contributed by atoms with Crippen LogP contribution in [0.25, 0.3) is 6.08 Å². The molecule has 1 unspecified atom stereocenters. The molecule has 1 atom stereocenters. The van der Waals surface area contributed by atoms with Crippen molar-refractivity contribution in [1.82, 2.24) is 4.98 Å². The summed E-state index contributed by atoms with van der Waals surface area (Å²) in [7, 11) is 0. The van der Waals surface area contributed by atoms with Gasteiger partial charge in [-0.3, -0.25) is 0 Å². The number of hydrogen-bond donors (Lipinski definition) is 0. The van der Waals surface area contributed by atoms with E-state index in [1.165, 1.54) is 2.88 Å². The molecule has 4 heteroatoms. The van der Waals surface area contributed by atoms with Crippen molar-refractivity contribution in [2.75, 3.05) is 0 Å². The zero-order chi connectivity index (χ0) is 8.27. The highest BCUT2D eigenvalue weighted by atomic mass is 127. The summed E-state index contributed by atoms with van der Waals surface area (Å²) in [4.78, 5) is 4.61. The van der Waals surface area contributed by atoms with Gasteiger partial charge in [-0.15, -0.1) is 11.3 Å². The first-order valence-electron chi connectivity index (χ1n) is 3.12. The maximum Gasteiger partial charge on any atom is 0.116 e. The van der Waals surface area contributed by atoms with Crippen LogP contribution in [0.15, 0.2) is 12.3 Å². The predicted octanol–water partition coefficient (Wildman–Crippen LogP) is 3.54. The number of allylic oxidation sites excluding steroid dienone is 1. The third kappa shape index (κ3) is 3.66. The molecule has 0 saturated heterocycles. The molecule has 0 aliphatic carbocycles. The summed E-state index contributed by atoms with van der Waals surface area (Å²) in [6.07, 6.45) is 5.99. The highest BCUT2D eigenvalue weighted by molar-refractivity contribution is 14.1. The lowest BCUT2D eigenvalue weighted by atomic mass is 10.4. The summed E-state index contributed by atoms with van der Waals surface area (Å²) in [5.41, 5.74) is 0. The van der Waals surface area contributed by atoms with Gasteiger partial charge in [-0.05, 0) is 35.6 Å². The average Bonchev–Trinajstić information content (AvgIpc) is 2.31. The second kappa shape index (κ2) is 4.57. The van der Waals surface area contributed by atoms with Gasteiger partial charge in [-0.1, -0.05) is 22.0 Å². The molecule has 0 aliphatic rings. The van der Waals surface area contributed by atoms with Crippen LogP contribution in [-0.2, 0) is 0 Å². The van der Waals surface area contributed by atoms with Crippen LogP contribution in [-0.4, -0.2) is 9.81 Å². The fourth-order valence-electron chi connectivity index (χ4n) is 0.559. The average molecular weight is 344 g/mol. The molecule has 0 amide bonds. The molecule has 0 aromatic carbocycles. The van der Waals surface area contributed by atoms with Gasteiger partial charge in [0.1, 0.15) is 5.01 Å². The Balaban J connectivity index is 2.64. The fraction of sp³-hybridized carbons (Fsp3) is 0.286. The number of nitrogens with zero attached hydrogens (tertiary/aromatic N) is 1. The van der Waals surface area contributed by atoms with Crippen LogP contribution in [0.1, 0.15) is 11.9 Å². The highest BCUT2D eigenvalue weighted by Gasteiger charge is 1.94. The van der Waals surface area contributed by atoms with Crippen molar-refractivity contribution in [2.45, 2.75) is 11.8 Å². The van der Waals surface area contributed by atoms with E-state index in [-0.39, 0.29) is 0 Å². The first-order valence-corrected chi connectivity index (χ1v) is 5.93. The summed E-state index contributed by atoms with van der Waals surface area (Å²) in [5, 5.41) is 1.07. The minimum atomic E-state index is 0.420. The maximum atomic E-state index is 4.19. The number of alkyl halides is 1. The molecule has 1 nitrogen and oxygen atoms in total. The van der Waals surface area contributed by atoms with Gasteiger partial charge in [-0.25, -0.2) is 4.98 Å². The van der Waals surface area contributed by atoms with Crippen molar-refractivity contribution in [3.63, 3.8) is 0 Å². The molecule has 11 heavy (non-hydrogen) atoms. The van der Waals surface area contributed by atoms with Crippen molar-refractivity contribution in [1.29, 1.82) is 0 Å². The first kappa shape index (κ1) is 9.67. The molecular formula is C7H7BrINS. The lowest BCUT2D eigenvalue weighted by Crippen LogP contribution is -1.78. The van der Waals surface area contributed by atoms with Gasteiger partial charge < -0.3 is 0 Å². The molecule has 0 saturated carbocycles. The van der Waals surface area contributed by atoms with Gasteiger partial charge in [-0.2, -0.15) is 0 Å². The molecule has 0 fully saturated rings. The summed E-state index contributed by atoms with van der Waals surface area (Å²) in [6.45, 7) is 2.08. The SMILES string of the molecule is CC(Br)/C=C/c1ncc(I)s1. The Morgan fingerprint density at radius 1 is 1.82 bits per heavy atom. The number of aromatic nitrogens is 1. The molecule has 60 valence electrons. The van der Waals surface area contributed by atoms with Gasteiger partial charge in [0.15, 0.2) is 0 Å². The van der Waals surface area contributed by atoms with E-state index in [1.807, 2.05) is 12.3 Å². The monoisotopic (exact) mass is 343 g/mol. The topological polar surface area (TPSA) is 12.9 Å². The smallest absolute Gasteiger partial charge is 0.116 e. The maximum absolute atomic E-state index is 4.19. The Bertz CT molecular complexity index is 257. The molecule has 1 rings (SSSR count). The largest absolute Gasteiger partial charge is 0.244 e. The minimum Gasteiger partial charge on any atom is -0.244 e. The van der Waals surface area contributed by atoms with Gasteiger partial charge in [0.05, 0.1) is 9.08 Å². The van der Waals surface area contributed by atoms with Crippen LogP contribution >= 0.6 is 49.9 Å². The van der Waals surface area contributed by atoms with E-state index in [0.717, 1.165) is 5.01 Å². The minimum absolute atomic E-state index is 0.420. The summed E-state index contributed by atoms with van der Waals surface area (Å²) in [6, 6.07) is 0.